The zero-order valence-electron chi connectivity index (χ0n) is 10.5. The van der Waals surface area contributed by atoms with Gasteiger partial charge in [0.2, 0.25) is 0 Å². The molecule has 1 rings (SSSR count). The van der Waals surface area contributed by atoms with E-state index in [-0.39, 0.29) is 5.91 Å². The van der Waals surface area contributed by atoms with E-state index in [0.717, 1.165) is 13.0 Å². The lowest BCUT2D eigenvalue weighted by Crippen LogP contribution is -2.35. The van der Waals surface area contributed by atoms with E-state index in [1.165, 1.54) is 0 Å². The van der Waals surface area contributed by atoms with Gasteiger partial charge in [-0.3, -0.25) is 10.1 Å². The van der Waals surface area contributed by atoms with E-state index >= 15 is 0 Å². The van der Waals surface area contributed by atoms with Crippen molar-refractivity contribution in [1.82, 2.24) is 10.6 Å². The molecule has 17 heavy (non-hydrogen) atoms. The number of nitrogens with one attached hydrogen (secondary N) is 2. The minimum atomic E-state index is -0.0818. The van der Waals surface area contributed by atoms with Gasteiger partial charge in [0.25, 0.3) is 5.91 Å². The average Bonchev–Trinajstić information content (AvgIpc) is 2.34. The number of amides is 1. The molecule has 0 saturated carbocycles. The van der Waals surface area contributed by atoms with E-state index in [1.807, 2.05) is 0 Å². The van der Waals surface area contributed by atoms with Gasteiger partial charge in [0.05, 0.1) is 6.67 Å². The SMILES string of the molecule is CCC(C)CNCNC(=O)c1ccc(N)cc1. The van der Waals surface area contributed by atoms with Gasteiger partial charge in [0, 0.05) is 11.3 Å². The second-order valence-electron chi connectivity index (χ2n) is 4.27. The Bertz CT molecular complexity index is 348. The molecule has 1 atom stereocenters. The van der Waals surface area contributed by atoms with E-state index in [9.17, 15) is 4.79 Å². The van der Waals surface area contributed by atoms with E-state index in [2.05, 4.69) is 24.5 Å². The summed E-state index contributed by atoms with van der Waals surface area (Å²) in [5.74, 6) is 0.546. The van der Waals surface area contributed by atoms with Crippen LogP contribution in [-0.4, -0.2) is 19.1 Å². The molecule has 4 N–H and O–H groups in total. The molecule has 0 aliphatic heterocycles. The third-order valence-electron chi connectivity index (χ3n) is 2.74. The molecule has 0 fully saturated rings. The van der Waals surface area contributed by atoms with Gasteiger partial charge in [-0.15, -0.1) is 0 Å². The summed E-state index contributed by atoms with van der Waals surface area (Å²) in [5.41, 5.74) is 6.85. The fourth-order valence-corrected chi connectivity index (χ4v) is 1.34. The molecular formula is C13H21N3O. The number of hydrogen-bond donors (Lipinski definition) is 3. The van der Waals surface area contributed by atoms with Gasteiger partial charge in [-0.1, -0.05) is 20.3 Å². The largest absolute Gasteiger partial charge is 0.399 e. The van der Waals surface area contributed by atoms with Crippen LogP contribution in [0.3, 0.4) is 0 Å². The van der Waals surface area contributed by atoms with Gasteiger partial charge in [0.1, 0.15) is 0 Å². The van der Waals surface area contributed by atoms with Gasteiger partial charge in [-0.2, -0.15) is 0 Å². The Kier molecular flexibility index (Phi) is 5.49. The third-order valence-corrected chi connectivity index (χ3v) is 2.74. The fourth-order valence-electron chi connectivity index (χ4n) is 1.34. The number of nitrogens with two attached hydrogens (primary N) is 1. The maximum atomic E-state index is 11.7. The molecule has 1 aromatic carbocycles. The van der Waals surface area contributed by atoms with Gasteiger partial charge < -0.3 is 11.1 Å². The molecule has 0 aromatic heterocycles. The molecule has 0 aliphatic rings. The first-order chi connectivity index (χ1) is 8.13. The van der Waals surface area contributed by atoms with Crippen LogP contribution < -0.4 is 16.4 Å². The zero-order valence-corrected chi connectivity index (χ0v) is 10.5. The predicted octanol–water partition coefficient (Wildman–Crippen LogP) is 1.59. The Balaban J connectivity index is 2.28. The van der Waals surface area contributed by atoms with Crippen molar-refractivity contribution in [1.29, 1.82) is 0 Å². The molecular weight excluding hydrogens is 214 g/mol. The Hall–Kier alpha value is -1.55. The summed E-state index contributed by atoms with van der Waals surface area (Å²) in [6.45, 7) is 5.74. The lowest BCUT2D eigenvalue weighted by Gasteiger charge is -2.11. The third kappa shape index (κ3) is 4.87. The lowest BCUT2D eigenvalue weighted by atomic mass is 10.1. The van der Waals surface area contributed by atoms with Crippen molar-refractivity contribution >= 4 is 11.6 Å². The Labute approximate surface area is 103 Å². The van der Waals surface area contributed by atoms with Crippen LogP contribution in [0.15, 0.2) is 24.3 Å². The highest BCUT2D eigenvalue weighted by molar-refractivity contribution is 5.94. The molecule has 4 heteroatoms. The van der Waals surface area contributed by atoms with E-state index < -0.39 is 0 Å². The number of rotatable bonds is 6. The monoisotopic (exact) mass is 235 g/mol. The van der Waals surface area contributed by atoms with Crippen LogP contribution in [0, 0.1) is 5.92 Å². The summed E-state index contributed by atoms with van der Waals surface area (Å²) in [6.07, 6.45) is 1.14. The first-order valence-corrected chi connectivity index (χ1v) is 5.98. The number of anilines is 1. The van der Waals surface area contributed by atoms with Gasteiger partial charge in [-0.05, 0) is 36.7 Å². The summed E-state index contributed by atoms with van der Waals surface area (Å²) >= 11 is 0. The van der Waals surface area contributed by atoms with E-state index in [4.69, 9.17) is 5.73 Å². The number of carbonyl (C=O) groups is 1. The standard InChI is InChI=1S/C13H21N3O/c1-3-10(2)8-15-9-16-13(17)11-4-6-12(14)7-5-11/h4-7,10,15H,3,8-9,14H2,1-2H3,(H,16,17). The maximum absolute atomic E-state index is 11.7. The summed E-state index contributed by atoms with van der Waals surface area (Å²) in [6, 6.07) is 6.89. The Morgan fingerprint density at radius 1 is 1.35 bits per heavy atom. The number of carbonyl (C=O) groups excluding carboxylic acids is 1. The molecule has 0 spiro atoms. The van der Waals surface area contributed by atoms with Gasteiger partial charge in [0.15, 0.2) is 0 Å². The average molecular weight is 235 g/mol. The molecule has 0 bridgehead atoms. The number of hydrogen-bond acceptors (Lipinski definition) is 3. The van der Waals surface area contributed by atoms with Crippen LogP contribution in [0.25, 0.3) is 0 Å². The minimum Gasteiger partial charge on any atom is -0.399 e. The van der Waals surface area contributed by atoms with Crippen molar-refractivity contribution < 1.29 is 4.79 Å². The number of benzene rings is 1. The van der Waals surface area contributed by atoms with E-state index in [1.54, 1.807) is 24.3 Å². The lowest BCUT2D eigenvalue weighted by molar-refractivity contribution is 0.0950. The Morgan fingerprint density at radius 2 is 2.00 bits per heavy atom. The van der Waals surface area contributed by atoms with Gasteiger partial charge in [-0.25, -0.2) is 0 Å². The van der Waals surface area contributed by atoms with Crippen molar-refractivity contribution in [3.63, 3.8) is 0 Å². The molecule has 0 aliphatic carbocycles. The molecule has 4 nitrogen and oxygen atoms in total. The maximum Gasteiger partial charge on any atom is 0.252 e. The summed E-state index contributed by atoms with van der Waals surface area (Å²) < 4.78 is 0. The summed E-state index contributed by atoms with van der Waals surface area (Å²) in [7, 11) is 0. The first kappa shape index (κ1) is 13.5. The van der Waals surface area contributed by atoms with Crippen LogP contribution >= 0.6 is 0 Å². The normalized spacial score (nSPS) is 12.1. The smallest absolute Gasteiger partial charge is 0.252 e. The predicted molar refractivity (Wildman–Crippen MR) is 70.6 cm³/mol. The Morgan fingerprint density at radius 3 is 2.59 bits per heavy atom. The topological polar surface area (TPSA) is 67.1 Å². The van der Waals surface area contributed by atoms with Crippen molar-refractivity contribution in [2.75, 3.05) is 18.9 Å². The molecule has 94 valence electrons. The quantitative estimate of drug-likeness (QED) is 0.398. The fraction of sp³-hybridized carbons (Fsp3) is 0.462. The highest BCUT2D eigenvalue weighted by atomic mass is 16.1. The molecule has 0 heterocycles. The van der Waals surface area contributed by atoms with Crippen molar-refractivity contribution in [3.05, 3.63) is 29.8 Å². The second kappa shape index (κ2) is 6.91. The van der Waals surface area contributed by atoms with E-state index in [0.29, 0.717) is 23.8 Å². The molecule has 1 unspecified atom stereocenters. The van der Waals surface area contributed by atoms with Crippen molar-refractivity contribution in [3.8, 4) is 0 Å². The highest BCUT2D eigenvalue weighted by Crippen LogP contribution is 2.04. The van der Waals surface area contributed by atoms with Crippen molar-refractivity contribution in [2.45, 2.75) is 20.3 Å². The molecule has 1 amide bonds. The minimum absolute atomic E-state index is 0.0818. The van der Waals surface area contributed by atoms with Crippen molar-refractivity contribution in [2.24, 2.45) is 5.92 Å². The van der Waals surface area contributed by atoms with Gasteiger partial charge >= 0.3 is 0 Å². The van der Waals surface area contributed by atoms with Crippen LogP contribution in [0.4, 0.5) is 5.69 Å². The van der Waals surface area contributed by atoms with Crippen LogP contribution in [-0.2, 0) is 0 Å². The summed E-state index contributed by atoms with van der Waals surface area (Å²) in [4.78, 5) is 11.7. The first-order valence-electron chi connectivity index (χ1n) is 5.98. The van der Waals surface area contributed by atoms with Crippen LogP contribution in [0.5, 0.6) is 0 Å². The van der Waals surface area contributed by atoms with Crippen LogP contribution in [0.1, 0.15) is 30.6 Å². The van der Waals surface area contributed by atoms with Crippen LogP contribution in [0.2, 0.25) is 0 Å². The molecule has 0 radical (unpaired) electrons. The summed E-state index contributed by atoms with van der Waals surface area (Å²) in [5, 5.41) is 6.00. The molecule has 0 saturated heterocycles. The zero-order chi connectivity index (χ0) is 12.7. The highest BCUT2D eigenvalue weighted by Gasteiger charge is 2.04. The number of nitrogen functional groups attached to an aromatic ring is 1. The second-order valence-corrected chi connectivity index (χ2v) is 4.27. The molecule has 1 aromatic rings.